The van der Waals surface area contributed by atoms with Gasteiger partial charge in [0.2, 0.25) is 12.7 Å². The summed E-state index contributed by atoms with van der Waals surface area (Å²) in [5.74, 6) is 2.21. The summed E-state index contributed by atoms with van der Waals surface area (Å²) in [5, 5.41) is 12.5. The normalized spacial score (nSPS) is 14.2. The minimum absolute atomic E-state index is 0.0806. The van der Waals surface area contributed by atoms with Crippen LogP contribution in [0.15, 0.2) is 40.8 Å². The van der Waals surface area contributed by atoms with Crippen molar-refractivity contribution in [3.8, 4) is 11.5 Å². The van der Waals surface area contributed by atoms with Crippen LogP contribution in [0.25, 0.3) is 6.08 Å². The van der Waals surface area contributed by atoms with Crippen molar-refractivity contribution in [2.45, 2.75) is 13.0 Å². The lowest BCUT2D eigenvalue weighted by atomic mass is 10.2. The monoisotopic (exact) mass is 315 g/mol. The maximum Gasteiger partial charge on any atom is 0.244 e. The third-order valence-electron chi connectivity index (χ3n) is 3.38. The van der Waals surface area contributed by atoms with E-state index in [9.17, 15) is 9.90 Å². The van der Waals surface area contributed by atoms with Gasteiger partial charge >= 0.3 is 0 Å². The van der Waals surface area contributed by atoms with Crippen LogP contribution in [-0.4, -0.2) is 24.4 Å². The van der Waals surface area contributed by atoms with Crippen molar-refractivity contribution in [2.75, 3.05) is 13.3 Å². The topological polar surface area (TPSA) is 80.9 Å². The lowest BCUT2D eigenvalue weighted by molar-refractivity contribution is -0.116. The third kappa shape index (κ3) is 3.73. The number of ether oxygens (including phenoxy) is 2. The summed E-state index contributed by atoms with van der Waals surface area (Å²) in [6, 6.07) is 8.88. The van der Waals surface area contributed by atoms with Crippen LogP contribution in [0.3, 0.4) is 0 Å². The van der Waals surface area contributed by atoms with Crippen LogP contribution in [0.1, 0.15) is 23.2 Å². The molecule has 1 aromatic carbocycles. The highest BCUT2D eigenvalue weighted by Gasteiger charge is 2.13. The summed E-state index contributed by atoms with van der Waals surface area (Å²) in [6.45, 7) is 2.09. The quantitative estimate of drug-likeness (QED) is 0.827. The number of carbonyl (C=O) groups is 1. The van der Waals surface area contributed by atoms with Crippen molar-refractivity contribution in [3.63, 3.8) is 0 Å². The number of aliphatic hydroxyl groups is 1. The molecule has 3 rings (SSSR count). The number of nitrogens with one attached hydrogen (secondary N) is 1. The second kappa shape index (κ2) is 6.58. The molecule has 23 heavy (non-hydrogen) atoms. The zero-order chi connectivity index (χ0) is 16.2. The average Bonchev–Trinajstić information content (AvgIpc) is 3.18. The molecule has 120 valence electrons. The van der Waals surface area contributed by atoms with Gasteiger partial charge in [-0.25, -0.2) is 0 Å². The number of hydrogen-bond donors (Lipinski definition) is 2. The molecule has 0 saturated heterocycles. The zero-order valence-corrected chi connectivity index (χ0v) is 12.6. The van der Waals surface area contributed by atoms with Gasteiger partial charge in [-0.1, -0.05) is 6.07 Å². The van der Waals surface area contributed by atoms with Crippen molar-refractivity contribution in [1.29, 1.82) is 0 Å². The molecule has 0 saturated carbocycles. The maximum absolute atomic E-state index is 11.8. The second-order valence-corrected chi connectivity index (χ2v) is 5.16. The lowest BCUT2D eigenvalue weighted by Crippen LogP contribution is -2.26. The molecular formula is C17H17NO5. The summed E-state index contributed by atoms with van der Waals surface area (Å²) >= 11 is 0. The highest BCUT2D eigenvalue weighted by molar-refractivity contribution is 5.91. The number of furan rings is 1. The Morgan fingerprint density at radius 3 is 2.91 bits per heavy atom. The smallest absolute Gasteiger partial charge is 0.244 e. The summed E-state index contributed by atoms with van der Waals surface area (Å²) in [4.78, 5) is 11.8. The SMILES string of the molecule is Cc1ccc(C(O)CNC(=O)C=Cc2ccc3c(c2)OCO3)o1. The average molecular weight is 315 g/mol. The van der Waals surface area contributed by atoms with E-state index in [1.165, 1.54) is 6.08 Å². The molecule has 1 amide bonds. The molecule has 1 unspecified atom stereocenters. The van der Waals surface area contributed by atoms with Crippen LogP contribution >= 0.6 is 0 Å². The van der Waals surface area contributed by atoms with E-state index < -0.39 is 6.10 Å². The molecule has 0 radical (unpaired) electrons. The first-order valence-corrected chi connectivity index (χ1v) is 7.22. The Morgan fingerprint density at radius 1 is 1.30 bits per heavy atom. The standard InChI is InChI=1S/C17H17NO5/c1-11-2-5-14(23-11)13(19)9-18-17(20)7-4-12-3-6-15-16(8-12)22-10-21-15/h2-8,13,19H,9-10H2,1H3,(H,18,20). The largest absolute Gasteiger partial charge is 0.464 e. The maximum atomic E-state index is 11.8. The molecule has 1 aliphatic heterocycles. The van der Waals surface area contributed by atoms with Crippen LogP contribution in [0, 0.1) is 6.92 Å². The number of amides is 1. The zero-order valence-electron chi connectivity index (χ0n) is 12.6. The van der Waals surface area contributed by atoms with Crippen LogP contribution in [0.4, 0.5) is 0 Å². The predicted molar refractivity (Wildman–Crippen MR) is 83.0 cm³/mol. The number of rotatable bonds is 5. The first-order valence-electron chi connectivity index (χ1n) is 7.22. The number of aryl methyl sites for hydroxylation is 1. The summed E-state index contributed by atoms with van der Waals surface area (Å²) in [6.07, 6.45) is 2.20. The van der Waals surface area contributed by atoms with E-state index in [-0.39, 0.29) is 19.2 Å². The van der Waals surface area contributed by atoms with Crippen molar-refractivity contribution in [2.24, 2.45) is 0 Å². The number of aliphatic hydroxyl groups excluding tert-OH is 1. The van der Waals surface area contributed by atoms with Crippen molar-refractivity contribution < 1.29 is 23.8 Å². The first-order chi connectivity index (χ1) is 11.1. The van der Waals surface area contributed by atoms with Gasteiger partial charge in [-0.05, 0) is 42.8 Å². The van der Waals surface area contributed by atoms with E-state index in [2.05, 4.69) is 5.32 Å². The Bertz CT molecular complexity index is 734. The third-order valence-corrected chi connectivity index (χ3v) is 3.38. The van der Waals surface area contributed by atoms with Crippen LogP contribution in [0.2, 0.25) is 0 Å². The molecule has 0 bridgehead atoms. The van der Waals surface area contributed by atoms with Gasteiger partial charge in [0.15, 0.2) is 11.5 Å². The van der Waals surface area contributed by atoms with E-state index in [0.29, 0.717) is 23.0 Å². The molecule has 2 aromatic rings. The number of hydrogen-bond acceptors (Lipinski definition) is 5. The minimum Gasteiger partial charge on any atom is -0.464 e. The van der Waals surface area contributed by atoms with Crippen molar-refractivity contribution in [1.82, 2.24) is 5.32 Å². The molecule has 2 N–H and O–H groups in total. The summed E-state index contributed by atoms with van der Waals surface area (Å²) in [7, 11) is 0. The number of fused-ring (bicyclic) bond motifs is 1. The Balaban J connectivity index is 1.52. The minimum atomic E-state index is -0.869. The van der Waals surface area contributed by atoms with E-state index >= 15 is 0 Å². The highest BCUT2D eigenvalue weighted by Crippen LogP contribution is 2.32. The molecule has 6 nitrogen and oxygen atoms in total. The molecule has 0 aliphatic carbocycles. The van der Waals surface area contributed by atoms with Gasteiger partial charge in [-0.15, -0.1) is 0 Å². The molecule has 1 aromatic heterocycles. The van der Waals surface area contributed by atoms with E-state index in [4.69, 9.17) is 13.9 Å². The highest BCUT2D eigenvalue weighted by atomic mass is 16.7. The predicted octanol–water partition coefficient (Wildman–Crippen LogP) is 2.18. The molecule has 1 aliphatic rings. The van der Waals surface area contributed by atoms with Gasteiger partial charge < -0.3 is 24.3 Å². The van der Waals surface area contributed by atoms with Gasteiger partial charge in [-0.3, -0.25) is 4.79 Å². The number of benzene rings is 1. The summed E-state index contributed by atoms with van der Waals surface area (Å²) < 4.78 is 15.8. The van der Waals surface area contributed by atoms with Gasteiger partial charge in [-0.2, -0.15) is 0 Å². The summed E-state index contributed by atoms with van der Waals surface area (Å²) in [5.41, 5.74) is 0.826. The van der Waals surface area contributed by atoms with E-state index in [1.54, 1.807) is 37.3 Å². The van der Waals surface area contributed by atoms with Crippen LogP contribution < -0.4 is 14.8 Å². The molecular weight excluding hydrogens is 298 g/mol. The van der Waals surface area contributed by atoms with E-state index in [1.807, 2.05) is 6.07 Å². The van der Waals surface area contributed by atoms with Gasteiger partial charge in [0.1, 0.15) is 17.6 Å². The van der Waals surface area contributed by atoms with E-state index in [0.717, 1.165) is 5.56 Å². The Hall–Kier alpha value is -2.73. The molecule has 6 heteroatoms. The van der Waals surface area contributed by atoms with Gasteiger partial charge in [0, 0.05) is 6.08 Å². The molecule has 1 atom stereocenters. The van der Waals surface area contributed by atoms with Crippen LogP contribution in [-0.2, 0) is 4.79 Å². The number of carbonyl (C=O) groups excluding carboxylic acids is 1. The fourth-order valence-electron chi connectivity index (χ4n) is 2.18. The van der Waals surface area contributed by atoms with Gasteiger partial charge in [0.25, 0.3) is 0 Å². The van der Waals surface area contributed by atoms with Crippen molar-refractivity contribution in [3.05, 3.63) is 53.5 Å². The Morgan fingerprint density at radius 2 is 2.13 bits per heavy atom. The van der Waals surface area contributed by atoms with Crippen molar-refractivity contribution >= 4 is 12.0 Å². The van der Waals surface area contributed by atoms with Crippen LogP contribution in [0.5, 0.6) is 11.5 Å². The molecule has 0 spiro atoms. The molecule has 0 fully saturated rings. The Labute approximate surface area is 133 Å². The Kier molecular flexibility index (Phi) is 4.34. The van der Waals surface area contributed by atoms with Gasteiger partial charge in [0.05, 0.1) is 6.54 Å². The second-order valence-electron chi connectivity index (χ2n) is 5.16. The fraction of sp³-hybridized carbons (Fsp3) is 0.235. The lowest BCUT2D eigenvalue weighted by Gasteiger charge is -2.08. The first kappa shape index (κ1) is 15.2. The molecule has 2 heterocycles. The fourth-order valence-corrected chi connectivity index (χ4v) is 2.18.